The van der Waals surface area contributed by atoms with Crippen LogP contribution >= 0.6 is 22.9 Å². The van der Waals surface area contributed by atoms with E-state index < -0.39 is 0 Å². The summed E-state index contributed by atoms with van der Waals surface area (Å²) in [6.07, 6.45) is 1.00. The summed E-state index contributed by atoms with van der Waals surface area (Å²) >= 11 is 7.51. The average molecular weight is 284 g/mol. The molecule has 0 atom stereocenters. The Kier molecular flexibility index (Phi) is 4.72. The quantitative estimate of drug-likeness (QED) is 0.853. The highest BCUT2D eigenvalue weighted by molar-refractivity contribution is 7.07. The van der Waals surface area contributed by atoms with E-state index in [1.165, 1.54) is 5.56 Å². The van der Waals surface area contributed by atoms with Crippen LogP contribution in [0.15, 0.2) is 16.8 Å². The zero-order valence-corrected chi connectivity index (χ0v) is 11.6. The van der Waals surface area contributed by atoms with Crippen LogP contribution in [-0.4, -0.2) is 21.5 Å². The lowest BCUT2D eigenvalue weighted by atomic mass is 10.3. The molecule has 0 radical (unpaired) electrons. The Labute approximate surface area is 115 Å². The lowest BCUT2D eigenvalue weighted by Crippen LogP contribution is -2.09. The van der Waals surface area contributed by atoms with Crippen molar-refractivity contribution < 1.29 is 0 Å². The van der Waals surface area contributed by atoms with E-state index in [0.29, 0.717) is 18.4 Å². The summed E-state index contributed by atoms with van der Waals surface area (Å²) in [7, 11) is 0. The van der Waals surface area contributed by atoms with Crippen molar-refractivity contribution in [2.75, 3.05) is 17.2 Å². The van der Waals surface area contributed by atoms with Gasteiger partial charge in [0.05, 0.1) is 0 Å². The highest BCUT2D eigenvalue weighted by atomic mass is 35.5. The molecule has 2 aromatic heterocycles. The highest BCUT2D eigenvalue weighted by Crippen LogP contribution is 2.12. The second-order valence-corrected chi connectivity index (χ2v) is 4.78. The third-order valence-electron chi connectivity index (χ3n) is 2.17. The minimum Gasteiger partial charge on any atom is -0.354 e. The fourth-order valence-corrected chi connectivity index (χ4v) is 2.15. The summed E-state index contributed by atoms with van der Waals surface area (Å²) in [6.45, 7) is 3.56. The van der Waals surface area contributed by atoms with Gasteiger partial charge in [-0.3, -0.25) is 0 Å². The van der Waals surface area contributed by atoms with Crippen LogP contribution in [0.5, 0.6) is 0 Å². The Morgan fingerprint density at radius 2 is 2.00 bits per heavy atom. The van der Waals surface area contributed by atoms with Crippen molar-refractivity contribution in [1.29, 1.82) is 0 Å². The lowest BCUT2D eigenvalue weighted by molar-refractivity contribution is 0.933. The van der Waals surface area contributed by atoms with Crippen molar-refractivity contribution in [3.63, 3.8) is 0 Å². The van der Waals surface area contributed by atoms with Gasteiger partial charge >= 0.3 is 0 Å². The maximum absolute atomic E-state index is 5.85. The molecular formula is C11H14ClN5S. The number of nitrogens with one attached hydrogen (secondary N) is 2. The summed E-state index contributed by atoms with van der Waals surface area (Å²) in [6, 6.07) is 2.05. The summed E-state index contributed by atoms with van der Waals surface area (Å²) in [5.74, 6) is 0.990. The molecule has 96 valence electrons. The van der Waals surface area contributed by atoms with Crippen LogP contribution in [-0.2, 0) is 6.54 Å². The van der Waals surface area contributed by atoms with Crippen LogP contribution in [0, 0.1) is 0 Å². The third kappa shape index (κ3) is 3.82. The van der Waals surface area contributed by atoms with Gasteiger partial charge in [0.25, 0.3) is 0 Å². The Bertz CT molecular complexity index is 488. The van der Waals surface area contributed by atoms with Gasteiger partial charge in [0.1, 0.15) is 0 Å². The zero-order chi connectivity index (χ0) is 12.8. The molecule has 18 heavy (non-hydrogen) atoms. The summed E-state index contributed by atoms with van der Waals surface area (Å²) in [5.41, 5.74) is 1.19. The number of aromatic nitrogens is 3. The number of thiophene rings is 1. The Balaban J connectivity index is 2.00. The van der Waals surface area contributed by atoms with Gasteiger partial charge in [0, 0.05) is 13.1 Å². The van der Waals surface area contributed by atoms with Gasteiger partial charge in [-0.05, 0) is 40.4 Å². The molecule has 0 fully saturated rings. The number of hydrogen-bond acceptors (Lipinski definition) is 6. The summed E-state index contributed by atoms with van der Waals surface area (Å²) in [5, 5.41) is 10.5. The first-order valence-electron chi connectivity index (χ1n) is 5.68. The van der Waals surface area contributed by atoms with Crippen molar-refractivity contribution in [2.24, 2.45) is 0 Å². The smallest absolute Gasteiger partial charge is 0.229 e. The largest absolute Gasteiger partial charge is 0.354 e. The molecule has 0 bridgehead atoms. The molecule has 2 aromatic rings. The fraction of sp³-hybridized carbons (Fsp3) is 0.364. The number of rotatable bonds is 6. The van der Waals surface area contributed by atoms with E-state index in [9.17, 15) is 0 Å². The molecule has 0 aliphatic heterocycles. The first kappa shape index (κ1) is 13.0. The van der Waals surface area contributed by atoms with Gasteiger partial charge < -0.3 is 10.6 Å². The molecule has 7 heteroatoms. The summed E-state index contributed by atoms with van der Waals surface area (Å²) in [4.78, 5) is 12.3. The second kappa shape index (κ2) is 6.51. The number of hydrogen-bond donors (Lipinski definition) is 2. The highest BCUT2D eigenvalue weighted by Gasteiger charge is 2.04. The summed E-state index contributed by atoms with van der Waals surface area (Å²) < 4.78 is 0. The molecule has 0 saturated carbocycles. The fourth-order valence-electron chi connectivity index (χ4n) is 1.32. The van der Waals surface area contributed by atoms with Crippen molar-refractivity contribution in [2.45, 2.75) is 19.9 Å². The second-order valence-electron chi connectivity index (χ2n) is 3.66. The van der Waals surface area contributed by atoms with Crippen molar-refractivity contribution in [3.05, 3.63) is 27.7 Å². The molecule has 2 rings (SSSR count). The predicted octanol–water partition coefficient (Wildman–Crippen LogP) is 3.02. The number of halogens is 1. The van der Waals surface area contributed by atoms with Crippen LogP contribution < -0.4 is 10.6 Å². The number of anilines is 2. The van der Waals surface area contributed by atoms with Crippen molar-refractivity contribution in [1.82, 2.24) is 15.0 Å². The van der Waals surface area contributed by atoms with E-state index in [4.69, 9.17) is 11.6 Å². The van der Waals surface area contributed by atoms with E-state index in [1.54, 1.807) is 11.3 Å². The predicted molar refractivity (Wildman–Crippen MR) is 75.3 cm³/mol. The molecule has 5 nitrogen and oxygen atoms in total. The Hall–Kier alpha value is -1.40. The molecule has 0 amide bonds. The zero-order valence-electron chi connectivity index (χ0n) is 9.98. The van der Waals surface area contributed by atoms with Crippen LogP contribution in [0.3, 0.4) is 0 Å². The maximum atomic E-state index is 5.85. The average Bonchev–Trinajstić information content (AvgIpc) is 2.86. The molecule has 0 spiro atoms. The van der Waals surface area contributed by atoms with Gasteiger partial charge in [-0.25, -0.2) is 0 Å². The normalized spacial score (nSPS) is 10.3. The third-order valence-corrected chi connectivity index (χ3v) is 3.07. The van der Waals surface area contributed by atoms with Gasteiger partial charge in [-0.1, -0.05) is 6.92 Å². The monoisotopic (exact) mass is 283 g/mol. The van der Waals surface area contributed by atoms with E-state index in [1.807, 2.05) is 5.38 Å². The Morgan fingerprint density at radius 1 is 1.22 bits per heavy atom. The molecule has 0 unspecified atom stereocenters. The molecule has 0 aliphatic carbocycles. The number of nitrogens with zero attached hydrogens (tertiary/aromatic N) is 3. The van der Waals surface area contributed by atoms with Crippen LogP contribution in [0.2, 0.25) is 5.28 Å². The molecule has 2 N–H and O–H groups in total. The molecule has 2 heterocycles. The van der Waals surface area contributed by atoms with E-state index >= 15 is 0 Å². The SMILES string of the molecule is CCCNc1nc(Cl)nc(NCc2ccsc2)n1. The first-order valence-corrected chi connectivity index (χ1v) is 7.00. The Morgan fingerprint density at radius 3 is 2.67 bits per heavy atom. The lowest BCUT2D eigenvalue weighted by Gasteiger charge is -2.07. The van der Waals surface area contributed by atoms with E-state index in [-0.39, 0.29) is 5.28 Å². The molecular weight excluding hydrogens is 270 g/mol. The van der Waals surface area contributed by atoms with Gasteiger partial charge in [-0.2, -0.15) is 26.3 Å². The molecule has 0 aliphatic rings. The van der Waals surface area contributed by atoms with Gasteiger partial charge in [0.15, 0.2) is 0 Å². The van der Waals surface area contributed by atoms with Crippen LogP contribution in [0.25, 0.3) is 0 Å². The standard InChI is InChI=1S/C11H14ClN5S/c1-2-4-13-10-15-9(12)16-11(17-10)14-6-8-3-5-18-7-8/h3,5,7H,2,4,6H2,1H3,(H2,13,14,15,16,17). The minimum absolute atomic E-state index is 0.191. The topological polar surface area (TPSA) is 62.7 Å². The molecule has 0 saturated heterocycles. The van der Waals surface area contributed by atoms with Gasteiger partial charge in [0.2, 0.25) is 17.2 Å². The van der Waals surface area contributed by atoms with E-state index in [0.717, 1.165) is 13.0 Å². The first-order chi connectivity index (χ1) is 8.78. The van der Waals surface area contributed by atoms with Crippen LogP contribution in [0.1, 0.15) is 18.9 Å². The van der Waals surface area contributed by atoms with Crippen LogP contribution in [0.4, 0.5) is 11.9 Å². The van der Waals surface area contributed by atoms with E-state index in [2.05, 4.69) is 44.0 Å². The van der Waals surface area contributed by atoms with Crippen molar-refractivity contribution in [3.8, 4) is 0 Å². The maximum Gasteiger partial charge on any atom is 0.229 e. The minimum atomic E-state index is 0.191. The molecule has 0 aromatic carbocycles. The van der Waals surface area contributed by atoms with Crippen molar-refractivity contribution >= 4 is 34.8 Å². The van der Waals surface area contributed by atoms with Gasteiger partial charge in [-0.15, -0.1) is 0 Å².